The molecule has 0 aliphatic heterocycles. The summed E-state index contributed by atoms with van der Waals surface area (Å²) in [5.41, 5.74) is 1.42. The van der Waals surface area contributed by atoms with Crippen molar-refractivity contribution >= 4 is 15.9 Å². The van der Waals surface area contributed by atoms with Crippen molar-refractivity contribution in [1.82, 2.24) is 9.97 Å². The van der Waals surface area contributed by atoms with E-state index in [-0.39, 0.29) is 11.4 Å². The summed E-state index contributed by atoms with van der Waals surface area (Å²) in [5.74, 6) is 0.0559. The number of nitrogens with zero attached hydrogens (tertiary/aromatic N) is 1. The minimum Gasteiger partial charge on any atom is -0.306 e. The van der Waals surface area contributed by atoms with Crippen LogP contribution < -0.4 is 5.56 Å². The summed E-state index contributed by atoms with van der Waals surface area (Å²) in [6.07, 6.45) is 0. The van der Waals surface area contributed by atoms with Gasteiger partial charge in [-0.05, 0) is 41.4 Å². The van der Waals surface area contributed by atoms with Crippen molar-refractivity contribution in [3.8, 4) is 11.4 Å². The van der Waals surface area contributed by atoms with Gasteiger partial charge in [0.25, 0.3) is 5.56 Å². The Kier molecular flexibility index (Phi) is 3.11. The maximum Gasteiger partial charge on any atom is 0.265 e. The first-order chi connectivity index (χ1) is 7.99. The van der Waals surface area contributed by atoms with Crippen LogP contribution in [0.5, 0.6) is 0 Å². The van der Waals surface area contributed by atoms with Crippen LogP contribution in [0.2, 0.25) is 0 Å². The van der Waals surface area contributed by atoms with Crippen LogP contribution in [0.15, 0.2) is 27.5 Å². The minimum absolute atomic E-state index is 0.270. The molecular formula is C12H10BrFN2O. The SMILES string of the molecule is Cc1ccc(-c2nc(C)c(Br)c(=O)[nH]2)cc1F. The van der Waals surface area contributed by atoms with Gasteiger partial charge in [-0.1, -0.05) is 12.1 Å². The average Bonchev–Trinajstić information content (AvgIpc) is 2.29. The third kappa shape index (κ3) is 2.29. The number of hydrogen-bond acceptors (Lipinski definition) is 2. The van der Waals surface area contributed by atoms with Gasteiger partial charge in [0, 0.05) is 5.56 Å². The number of nitrogens with one attached hydrogen (secondary N) is 1. The summed E-state index contributed by atoms with van der Waals surface area (Å²) < 4.78 is 13.8. The van der Waals surface area contributed by atoms with E-state index >= 15 is 0 Å². The second kappa shape index (κ2) is 4.41. The molecular weight excluding hydrogens is 287 g/mol. The Labute approximate surface area is 106 Å². The second-order valence-electron chi connectivity index (χ2n) is 3.78. The molecule has 1 N–H and O–H groups in total. The van der Waals surface area contributed by atoms with Crippen molar-refractivity contribution in [1.29, 1.82) is 0 Å². The van der Waals surface area contributed by atoms with Crippen LogP contribution in [0.4, 0.5) is 4.39 Å². The molecule has 0 amide bonds. The molecule has 0 saturated carbocycles. The highest BCUT2D eigenvalue weighted by molar-refractivity contribution is 9.10. The van der Waals surface area contributed by atoms with E-state index in [1.165, 1.54) is 6.07 Å². The third-order valence-corrected chi connectivity index (χ3v) is 3.41. The van der Waals surface area contributed by atoms with Crippen molar-refractivity contribution in [2.24, 2.45) is 0 Å². The fourth-order valence-electron chi connectivity index (χ4n) is 1.45. The van der Waals surface area contributed by atoms with Gasteiger partial charge in [-0.2, -0.15) is 0 Å². The number of aromatic nitrogens is 2. The first-order valence-electron chi connectivity index (χ1n) is 5.02. The van der Waals surface area contributed by atoms with E-state index in [1.54, 1.807) is 26.0 Å². The van der Waals surface area contributed by atoms with Crippen LogP contribution in [0, 0.1) is 19.7 Å². The van der Waals surface area contributed by atoms with E-state index in [1.807, 2.05) is 0 Å². The quantitative estimate of drug-likeness (QED) is 0.879. The first-order valence-corrected chi connectivity index (χ1v) is 5.81. The number of H-pyrrole nitrogens is 1. The Hall–Kier alpha value is -1.49. The normalized spacial score (nSPS) is 10.6. The summed E-state index contributed by atoms with van der Waals surface area (Å²) in [6, 6.07) is 4.74. The molecule has 0 unspecified atom stereocenters. The molecule has 0 aliphatic rings. The predicted molar refractivity (Wildman–Crippen MR) is 67.4 cm³/mol. The molecule has 0 spiro atoms. The van der Waals surface area contributed by atoms with Gasteiger partial charge in [0.15, 0.2) is 0 Å². The van der Waals surface area contributed by atoms with E-state index in [2.05, 4.69) is 25.9 Å². The van der Waals surface area contributed by atoms with Crippen molar-refractivity contribution in [2.75, 3.05) is 0 Å². The van der Waals surface area contributed by atoms with Gasteiger partial charge in [-0.15, -0.1) is 0 Å². The molecule has 0 bridgehead atoms. The van der Waals surface area contributed by atoms with Crippen molar-refractivity contribution in [3.05, 3.63) is 50.1 Å². The molecule has 0 saturated heterocycles. The zero-order valence-electron chi connectivity index (χ0n) is 9.34. The van der Waals surface area contributed by atoms with E-state index in [4.69, 9.17) is 0 Å². The number of benzene rings is 1. The van der Waals surface area contributed by atoms with Gasteiger partial charge in [-0.3, -0.25) is 4.79 Å². The molecule has 2 aromatic rings. The van der Waals surface area contributed by atoms with Crippen LogP contribution in [0.3, 0.4) is 0 Å². The lowest BCUT2D eigenvalue weighted by molar-refractivity contribution is 0.619. The highest BCUT2D eigenvalue weighted by Crippen LogP contribution is 2.19. The molecule has 1 heterocycles. The predicted octanol–water partition coefficient (Wildman–Crippen LogP) is 2.96. The molecule has 17 heavy (non-hydrogen) atoms. The number of aryl methyl sites for hydroxylation is 2. The second-order valence-corrected chi connectivity index (χ2v) is 4.57. The zero-order chi connectivity index (χ0) is 12.6. The fraction of sp³-hybridized carbons (Fsp3) is 0.167. The average molecular weight is 297 g/mol. The van der Waals surface area contributed by atoms with Gasteiger partial charge in [0.05, 0.1) is 5.69 Å². The van der Waals surface area contributed by atoms with Gasteiger partial charge in [0.2, 0.25) is 0 Å². The van der Waals surface area contributed by atoms with Crippen molar-refractivity contribution in [2.45, 2.75) is 13.8 Å². The monoisotopic (exact) mass is 296 g/mol. The summed E-state index contributed by atoms with van der Waals surface area (Å²) in [7, 11) is 0. The largest absolute Gasteiger partial charge is 0.306 e. The number of halogens is 2. The number of rotatable bonds is 1. The molecule has 0 radical (unpaired) electrons. The van der Waals surface area contributed by atoms with Crippen molar-refractivity contribution < 1.29 is 4.39 Å². The Bertz CT molecular complexity index is 637. The van der Waals surface area contributed by atoms with Crippen LogP contribution in [-0.4, -0.2) is 9.97 Å². The lowest BCUT2D eigenvalue weighted by Crippen LogP contribution is -2.11. The summed E-state index contributed by atoms with van der Waals surface area (Å²) in [5, 5.41) is 0. The molecule has 0 atom stereocenters. The molecule has 5 heteroatoms. The molecule has 88 valence electrons. The third-order valence-electron chi connectivity index (χ3n) is 2.47. The highest BCUT2D eigenvalue weighted by atomic mass is 79.9. The Morgan fingerprint density at radius 3 is 2.65 bits per heavy atom. The fourth-order valence-corrected chi connectivity index (χ4v) is 1.64. The van der Waals surface area contributed by atoms with Crippen LogP contribution in [-0.2, 0) is 0 Å². The van der Waals surface area contributed by atoms with Gasteiger partial charge < -0.3 is 4.98 Å². The van der Waals surface area contributed by atoms with E-state index in [0.717, 1.165) is 0 Å². The first kappa shape index (κ1) is 12.0. The van der Waals surface area contributed by atoms with Gasteiger partial charge >= 0.3 is 0 Å². The lowest BCUT2D eigenvalue weighted by atomic mass is 10.1. The standard InChI is InChI=1S/C12H10BrFN2O/c1-6-3-4-8(5-9(6)14)11-15-7(2)10(13)12(17)16-11/h3-5H,1-2H3,(H,15,16,17). The van der Waals surface area contributed by atoms with Gasteiger partial charge in [0.1, 0.15) is 16.1 Å². The maximum absolute atomic E-state index is 13.4. The Morgan fingerprint density at radius 2 is 2.06 bits per heavy atom. The summed E-state index contributed by atoms with van der Waals surface area (Å²) in [6.45, 7) is 3.40. The van der Waals surface area contributed by atoms with E-state index < -0.39 is 0 Å². The van der Waals surface area contributed by atoms with Crippen molar-refractivity contribution in [3.63, 3.8) is 0 Å². The number of hydrogen-bond donors (Lipinski definition) is 1. The molecule has 0 aliphatic carbocycles. The Balaban J connectivity index is 2.61. The minimum atomic E-state index is -0.314. The van der Waals surface area contributed by atoms with E-state index in [9.17, 15) is 9.18 Å². The lowest BCUT2D eigenvalue weighted by Gasteiger charge is -2.04. The molecule has 1 aromatic heterocycles. The summed E-state index contributed by atoms with van der Waals surface area (Å²) >= 11 is 3.13. The molecule has 3 nitrogen and oxygen atoms in total. The van der Waals surface area contributed by atoms with Gasteiger partial charge in [-0.25, -0.2) is 9.37 Å². The topological polar surface area (TPSA) is 45.8 Å². The maximum atomic E-state index is 13.4. The van der Waals surface area contributed by atoms with E-state index in [0.29, 0.717) is 27.1 Å². The number of aromatic amines is 1. The van der Waals surface area contributed by atoms with Crippen LogP contribution in [0.1, 0.15) is 11.3 Å². The molecule has 0 fully saturated rings. The Morgan fingerprint density at radius 1 is 1.35 bits per heavy atom. The van der Waals surface area contributed by atoms with Crippen LogP contribution >= 0.6 is 15.9 Å². The molecule has 2 rings (SSSR count). The smallest absolute Gasteiger partial charge is 0.265 e. The highest BCUT2D eigenvalue weighted by Gasteiger charge is 2.08. The molecule has 1 aromatic carbocycles. The zero-order valence-corrected chi connectivity index (χ0v) is 10.9. The summed E-state index contributed by atoms with van der Waals surface area (Å²) in [4.78, 5) is 18.4. The van der Waals surface area contributed by atoms with Crippen LogP contribution in [0.25, 0.3) is 11.4 Å².